The van der Waals surface area contributed by atoms with Gasteiger partial charge in [0.25, 0.3) is 0 Å². The highest BCUT2D eigenvalue weighted by Crippen LogP contribution is 2.24. The smallest absolute Gasteiger partial charge is 0.0960 e. The third-order valence-corrected chi connectivity index (χ3v) is 3.99. The lowest BCUT2D eigenvalue weighted by molar-refractivity contribution is 0.657. The van der Waals surface area contributed by atoms with Crippen LogP contribution in [0.5, 0.6) is 0 Å². The first-order valence-corrected chi connectivity index (χ1v) is 7.06. The van der Waals surface area contributed by atoms with E-state index in [1.165, 1.54) is 11.1 Å². The van der Waals surface area contributed by atoms with Gasteiger partial charge >= 0.3 is 0 Å². The van der Waals surface area contributed by atoms with Crippen molar-refractivity contribution in [3.8, 4) is 0 Å². The van der Waals surface area contributed by atoms with Crippen LogP contribution in [0.25, 0.3) is 0 Å². The maximum Gasteiger partial charge on any atom is 0.0960 e. The van der Waals surface area contributed by atoms with Gasteiger partial charge in [-0.05, 0) is 37.2 Å². The number of nitrogens with zero attached hydrogens (tertiary/aromatic N) is 1. The maximum atomic E-state index is 4.34. The molecule has 1 heterocycles. The van der Waals surface area contributed by atoms with Crippen molar-refractivity contribution < 1.29 is 0 Å². The molecule has 1 aromatic carbocycles. The number of aromatic nitrogens is 1. The summed E-state index contributed by atoms with van der Waals surface area (Å²) in [5.41, 5.74) is 2.70. The Morgan fingerprint density at radius 3 is 2.61 bits per heavy atom. The molecule has 0 aliphatic heterocycles. The molecule has 1 N–H and O–H groups in total. The molecule has 0 aliphatic rings. The van der Waals surface area contributed by atoms with Gasteiger partial charge in [0.15, 0.2) is 0 Å². The molecule has 3 heteroatoms. The summed E-state index contributed by atoms with van der Waals surface area (Å²) in [6, 6.07) is 14.9. The third kappa shape index (κ3) is 3.34. The Hall–Kier alpha value is -1.32. The molecule has 1 aromatic heterocycles. The van der Waals surface area contributed by atoms with Crippen LogP contribution in [0.2, 0.25) is 0 Å². The van der Waals surface area contributed by atoms with Crippen molar-refractivity contribution in [3.05, 3.63) is 59.8 Å². The summed E-state index contributed by atoms with van der Waals surface area (Å²) in [5, 5.41) is 4.46. The molecule has 0 aliphatic carbocycles. The summed E-state index contributed by atoms with van der Waals surface area (Å²) in [7, 11) is 2.01. The zero-order valence-corrected chi connectivity index (χ0v) is 11.6. The quantitative estimate of drug-likeness (QED) is 0.832. The molecule has 0 radical (unpaired) electrons. The van der Waals surface area contributed by atoms with Gasteiger partial charge in [0.1, 0.15) is 0 Å². The van der Waals surface area contributed by atoms with Crippen molar-refractivity contribution in [1.82, 2.24) is 10.3 Å². The van der Waals surface area contributed by atoms with Crippen LogP contribution in [0.3, 0.4) is 0 Å². The Bertz CT molecular complexity index is 485. The number of benzene rings is 1. The molecule has 2 nitrogen and oxygen atoms in total. The van der Waals surface area contributed by atoms with Crippen molar-refractivity contribution in [2.24, 2.45) is 0 Å². The molecule has 0 spiro atoms. The maximum absolute atomic E-state index is 4.34. The summed E-state index contributed by atoms with van der Waals surface area (Å²) in [6.07, 6.45) is 1.84. The minimum Gasteiger partial charge on any atom is -0.312 e. The van der Waals surface area contributed by atoms with E-state index in [2.05, 4.69) is 47.6 Å². The van der Waals surface area contributed by atoms with Crippen LogP contribution < -0.4 is 5.32 Å². The minimum absolute atomic E-state index is 0.359. The largest absolute Gasteiger partial charge is 0.312 e. The summed E-state index contributed by atoms with van der Waals surface area (Å²) >= 11 is 1.78. The molecule has 0 saturated carbocycles. The van der Waals surface area contributed by atoms with Crippen LogP contribution in [0.15, 0.2) is 53.7 Å². The van der Waals surface area contributed by atoms with Crippen LogP contribution in [-0.2, 0) is 0 Å². The zero-order valence-electron chi connectivity index (χ0n) is 10.8. The lowest BCUT2D eigenvalue weighted by Gasteiger charge is -2.18. The summed E-state index contributed by atoms with van der Waals surface area (Å²) < 4.78 is 0. The zero-order chi connectivity index (χ0) is 12.8. The van der Waals surface area contributed by atoms with Gasteiger partial charge in [0.2, 0.25) is 0 Å². The molecule has 0 bridgehead atoms. The van der Waals surface area contributed by atoms with Crippen LogP contribution in [0, 0.1) is 6.92 Å². The first kappa shape index (κ1) is 13.1. The number of hydrogen-bond donors (Lipinski definition) is 1. The number of aryl methyl sites for hydroxylation is 1. The van der Waals surface area contributed by atoms with Crippen molar-refractivity contribution in [2.75, 3.05) is 12.8 Å². The Morgan fingerprint density at radius 1 is 1.17 bits per heavy atom. The molecule has 0 amide bonds. The van der Waals surface area contributed by atoms with Crippen LogP contribution >= 0.6 is 11.8 Å². The van der Waals surface area contributed by atoms with E-state index in [1.807, 2.05) is 25.4 Å². The van der Waals surface area contributed by atoms with E-state index < -0.39 is 0 Å². The van der Waals surface area contributed by atoms with E-state index in [1.54, 1.807) is 11.8 Å². The van der Waals surface area contributed by atoms with Crippen molar-refractivity contribution in [1.29, 1.82) is 0 Å². The average molecular weight is 258 g/mol. The van der Waals surface area contributed by atoms with Gasteiger partial charge in [0, 0.05) is 18.0 Å². The van der Waals surface area contributed by atoms with E-state index in [4.69, 9.17) is 0 Å². The van der Waals surface area contributed by atoms with E-state index in [0.29, 0.717) is 6.04 Å². The highest BCUT2D eigenvalue weighted by Gasteiger charge is 2.11. The predicted molar refractivity (Wildman–Crippen MR) is 77.9 cm³/mol. The highest BCUT2D eigenvalue weighted by molar-refractivity contribution is 7.99. The van der Waals surface area contributed by atoms with Gasteiger partial charge in [-0.1, -0.05) is 30.3 Å². The van der Waals surface area contributed by atoms with Crippen LogP contribution in [0.1, 0.15) is 17.2 Å². The van der Waals surface area contributed by atoms with Crippen molar-refractivity contribution >= 4 is 11.8 Å². The first-order valence-electron chi connectivity index (χ1n) is 6.08. The van der Waals surface area contributed by atoms with Gasteiger partial charge in [-0.25, -0.2) is 4.98 Å². The second kappa shape index (κ2) is 6.57. The average Bonchev–Trinajstić information content (AvgIpc) is 2.42. The van der Waals surface area contributed by atoms with Gasteiger partial charge in [-0.2, -0.15) is 0 Å². The topological polar surface area (TPSA) is 24.9 Å². The monoisotopic (exact) mass is 258 g/mol. The van der Waals surface area contributed by atoms with Gasteiger partial charge in [0.05, 0.1) is 5.03 Å². The lowest BCUT2D eigenvalue weighted by atomic mass is 10.0. The third-order valence-electron chi connectivity index (χ3n) is 2.95. The Balaban J connectivity index is 2.04. The van der Waals surface area contributed by atoms with Gasteiger partial charge < -0.3 is 5.32 Å². The lowest BCUT2D eigenvalue weighted by Crippen LogP contribution is -2.19. The predicted octanol–water partition coefficient (Wildman–Crippen LogP) is 3.44. The Kier molecular flexibility index (Phi) is 4.79. The number of rotatable bonds is 5. The molecule has 0 fully saturated rings. The van der Waals surface area contributed by atoms with Crippen LogP contribution in [-0.4, -0.2) is 17.8 Å². The number of thioether (sulfide) groups is 1. The molecule has 18 heavy (non-hydrogen) atoms. The molecule has 0 saturated heterocycles. The Labute approximate surface area is 113 Å². The highest BCUT2D eigenvalue weighted by atomic mass is 32.2. The molecule has 2 aromatic rings. The number of pyridine rings is 1. The van der Waals surface area contributed by atoms with E-state index in [0.717, 1.165) is 10.8 Å². The SMILES string of the molecule is CNC(CSc1ccccn1)c1ccccc1C. The fourth-order valence-electron chi connectivity index (χ4n) is 1.91. The number of nitrogens with one attached hydrogen (secondary N) is 1. The Morgan fingerprint density at radius 2 is 1.94 bits per heavy atom. The summed E-state index contributed by atoms with van der Waals surface area (Å²) in [6.45, 7) is 2.16. The molecule has 2 rings (SSSR count). The van der Waals surface area contributed by atoms with Crippen molar-refractivity contribution in [2.45, 2.75) is 18.0 Å². The first-order chi connectivity index (χ1) is 8.81. The van der Waals surface area contributed by atoms with Gasteiger partial charge in [-0.3, -0.25) is 0 Å². The standard InChI is InChI=1S/C15H18N2S/c1-12-7-3-4-8-13(12)14(16-2)11-18-15-9-5-6-10-17-15/h3-10,14,16H,11H2,1-2H3. The van der Waals surface area contributed by atoms with E-state index in [-0.39, 0.29) is 0 Å². The molecule has 1 atom stereocenters. The van der Waals surface area contributed by atoms with E-state index in [9.17, 15) is 0 Å². The summed E-state index contributed by atoms with van der Waals surface area (Å²) in [4.78, 5) is 4.34. The second-order valence-corrected chi connectivity index (χ2v) is 5.22. The molecular formula is C15H18N2S. The fourth-order valence-corrected chi connectivity index (χ4v) is 2.90. The molecule has 1 unspecified atom stereocenters. The fraction of sp³-hybridized carbons (Fsp3) is 0.267. The minimum atomic E-state index is 0.359. The van der Waals surface area contributed by atoms with Crippen molar-refractivity contribution in [3.63, 3.8) is 0 Å². The van der Waals surface area contributed by atoms with Crippen LogP contribution in [0.4, 0.5) is 0 Å². The molecular weight excluding hydrogens is 240 g/mol. The normalized spacial score (nSPS) is 12.3. The molecule has 94 valence electrons. The second-order valence-electron chi connectivity index (χ2n) is 4.18. The van der Waals surface area contributed by atoms with E-state index >= 15 is 0 Å². The number of hydrogen-bond acceptors (Lipinski definition) is 3. The summed E-state index contributed by atoms with van der Waals surface area (Å²) in [5.74, 6) is 0.984. The van der Waals surface area contributed by atoms with Gasteiger partial charge in [-0.15, -0.1) is 11.8 Å².